The average molecular weight is 458 g/mol. The first kappa shape index (κ1) is 24.3. The summed E-state index contributed by atoms with van der Waals surface area (Å²) in [5, 5.41) is 5.96. The fraction of sp³-hybridized carbons (Fsp3) is 0.417. The van der Waals surface area contributed by atoms with Crippen LogP contribution < -0.4 is 10.6 Å². The number of nitrogens with zero attached hydrogens (tertiary/aromatic N) is 3. The van der Waals surface area contributed by atoms with Gasteiger partial charge in [-0.1, -0.05) is 20.8 Å². The number of carbonyl (C=O) groups is 2. The molecule has 3 aromatic rings. The number of nitrogens with one attached hydrogen (secondary N) is 2. The van der Waals surface area contributed by atoms with Gasteiger partial charge >= 0.3 is 0 Å². The van der Waals surface area contributed by atoms with Gasteiger partial charge in [-0.2, -0.15) is 0 Å². The lowest BCUT2D eigenvalue weighted by molar-refractivity contribution is -0.109. The molecule has 0 unspecified atom stereocenters. The van der Waals surface area contributed by atoms with Crippen molar-refractivity contribution in [2.75, 3.05) is 13.1 Å². The van der Waals surface area contributed by atoms with E-state index in [2.05, 4.69) is 20.6 Å². The van der Waals surface area contributed by atoms with Gasteiger partial charge < -0.3 is 10.6 Å². The van der Waals surface area contributed by atoms with Crippen molar-refractivity contribution in [1.82, 2.24) is 25.2 Å². The van der Waals surface area contributed by atoms with Crippen molar-refractivity contribution in [2.24, 2.45) is 5.41 Å². The highest BCUT2D eigenvalue weighted by molar-refractivity contribution is 5.92. The van der Waals surface area contributed by atoms with Crippen molar-refractivity contribution < 1.29 is 18.4 Å². The summed E-state index contributed by atoms with van der Waals surface area (Å²) in [4.78, 5) is 31.2. The third kappa shape index (κ3) is 6.81. The highest BCUT2D eigenvalue weighted by Gasteiger charge is 2.27. The number of rotatable bonds is 10. The average Bonchev–Trinajstić information content (AvgIpc) is 3.19. The smallest absolute Gasteiger partial charge is 0.269 e. The van der Waals surface area contributed by atoms with Gasteiger partial charge in [-0.25, -0.2) is 18.7 Å². The van der Waals surface area contributed by atoms with Crippen LogP contribution in [0.4, 0.5) is 8.78 Å². The molecule has 0 aliphatic carbocycles. The molecule has 0 aromatic carbocycles. The Labute approximate surface area is 191 Å². The second kappa shape index (κ2) is 10.1. The molecule has 0 radical (unpaired) electrons. The standard InChI is InChI=1S/C24H29F2N5O2/c1-23(2,3)15-30-22(33)20-5-4-19(14-28-20)31-11-7-18-12-17(13-29-21(18)31)6-8-24(25,26)9-10-27-16-32/h4-5,7,11-14,16H,6,8-10,15H2,1-3H3,(H,27,32)(H,30,33). The van der Waals surface area contributed by atoms with Crippen LogP contribution in [0, 0.1) is 5.41 Å². The van der Waals surface area contributed by atoms with Gasteiger partial charge in [0.1, 0.15) is 11.3 Å². The van der Waals surface area contributed by atoms with E-state index in [4.69, 9.17) is 0 Å². The topological polar surface area (TPSA) is 88.9 Å². The van der Waals surface area contributed by atoms with Gasteiger partial charge in [0, 0.05) is 43.7 Å². The number of aromatic nitrogens is 3. The quantitative estimate of drug-likeness (QED) is 0.357. The van der Waals surface area contributed by atoms with Crippen LogP contribution in [0.3, 0.4) is 0 Å². The second-order valence-electron chi connectivity index (χ2n) is 9.27. The highest BCUT2D eigenvalue weighted by atomic mass is 19.3. The molecule has 3 rings (SSSR count). The molecule has 0 aliphatic heterocycles. The number of fused-ring (bicyclic) bond motifs is 1. The lowest BCUT2D eigenvalue weighted by Gasteiger charge is -2.18. The predicted molar refractivity (Wildman–Crippen MR) is 123 cm³/mol. The van der Waals surface area contributed by atoms with Crippen LogP contribution in [-0.4, -0.2) is 45.9 Å². The summed E-state index contributed by atoms with van der Waals surface area (Å²) in [6, 6.07) is 7.17. The van der Waals surface area contributed by atoms with Crippen LogP contribution in [-0.2, 0) is 11.2 Å². The van der Waals surface area contributed by atoms with Crippen LogP contribution in [0.15, 0.2) is 42.9 Å². The van der Waals surface area contributed by atoms with E-state index in [9.17, 15) is 18.4 Å². The summed E-state index contributed by atoms with van der Waals surface area (Å²) < 4.78 is 29.7. The van der Waals surface area contributed by atoms with Crippen LogP contribution in [0.25, 0.3) is 16.7 Å². The van der Waals surface area contributed by atoms with Crippen LogP contribution in [0.2, 0.25) is 0 Å². The van der Waals surface area contributed by atoms with E-state index >= 15 is 0 Å². The van der Waals surface area contributed by atoms with Gasteiger partial charge in [0.2, 0.25) is 12.3 Å². The van der Waals surface area contributed by atoms with Crippen LogP contribution in [0.5, 0.6) is 0 Å². The first-order valence-corrected chi connectivity index (χ1v) is 10.8. The number of carbonyl (C=O) groups excluding carboxylic acids is 2. The number of aryl methyl sites for hydroxylation is 1. The monoisotopic (exact) mass is 457 g/mol. The Hall–Kier alpha value is -3.36. The van der Waals surface area contributed by atoms with Crippen molar-refractivity contribution in [3.63, 3.8) is 0 Å². The van der Waals surface area contributed by atoms with Crippen LogP contribution in [0.1, 0.15) is 49.7 Å². The summed E-state index contributed by atoms with van der Waals surface area (Å²) in [6.07, 6.45) is 4.93. The third-order valence-corrected chi connectivity index (χ3v) is 5.12. The fourth-order valence-electron chi connectivity index (χ4n) is 3.28. The first-order valence-electron chi connectivity index (χ1n) is 10.8. The molecule has 2 amide bonds. The number of amides is 2. The molecule has 7 nitrogen and oxygen atoms in total. The molecule has 3 heterocycles. The van der Waals surface area contributed by atoms with E-state index in [1.165, 1.54) is 0 Å². The minimum atomic E-state index is -2.86. The Morgan fingerprint density at radius 1 is 1.12 bits per heavy atom. The lowest BCUT2D eigenvalue weighted by atomic mass is 9.97. The van der Waals surface area contributed by atoms with Crippen molar-refractivity contribution in [3.8, 4) is 5.69 Å². The van der Waals surface area contributed by atoms with E-state index in [0.717, 1.165) is 11.1 Å². The molecular weight excluding hydrogens is 428 g/mol. The highest BCUT2D eigenvalue weighted by Crippen LogP contribution is 2.26. The van der Waals surface area contributed by atoms with Gasteiger partial charge in [-0.3, -0.25) is 14.2 Å². The maximum atomic E-state index is 14.0. The maximum Gasteiger partial charge on any atom is 0.269 e. The predicted octanol–water partition coefficient (Wildman–Crippen LogP) is 3.90. The molecule has 9 heteroatoms. The number of pyridine rings is 2. The zero-order chi connectivity index (χ0) is 24.1. The molecule has 0 atom stereocenters. The molecular formula is C24H29F2N5O2. The summed E-state index contributed by atoms with van der Waals surface area (Å²) in [7, 11) is 0. The lowest BCUT2D eigenvalue weighted by Crippen LogP contribution is -2.32. The zero-order valence-electron chi connectivity index (χ0n) is 19.1. The van der Waals surface area contributed by atoms with Gasteiger partial charge in [0.05, 0.1) is 11.9 Å². The van der Waals surface area contributed by atoms with Gasteiger partial charge in [0.25, 0.3) is 5.91 Å². The van der Waals surface area contributed by atoms with E-state index in [0.29, 0.717) is 29.9 Å². The summed E-state index contributed by atoms with van der Waals surface area (Å²) in [5.41, 5.74) is 2.44. The molecule has 0 aliphatic rings. The molecule has 0 spiro atoms. The van der Waals surface area contributed by atoms with E-state index < -0.39 is 12.3 Å². The maximum absolute atomic E-state index is 14.0. The van der Waals surface area contributed by atoms with E-state index in [1.807, 2.05) is 43.7 Å². The Morgan fingerprint density at radius 2 is 1.91 bits per heavy atom. The fourth-order valence-corrected chi connectivity index (χ4v) is 3.28. The largest absolute Gasteiger partial charge is 0.358 e. The molecule has 0 saturated carbocycles. The SMILES string of the molecule is CC(C)(C)CNC(=O)c1ccc(-n2ccc3cc(CCC(F)(F)CCNC=O)cnc32)cn1. The van der Waals surface area contributed by atoms with Crippen molar-refractivity contribution >= 4 is 23.4 Å². The summed E-state index contributed by atoms with van der Waals surface area (Å²) in [6.45, 7) is 6.61. The molecule has 0 saturated heterocycles. The Bertz CT molecular complexity index is 1100. The minimum absolute atomic E-state index is 0.0202. The number of hydrogen-bond acceptors (Lipinski definition) is 4. The first-order chi connectivity index (χ1) is 15.6. The van der Waals surface area contributed by atoms with Crippen LogP contribution >= 0.6 is 0 Å². The Balaban J connectivity index is 1.68. The Kier molecular flexibility index (Phi) is 7.40. The zero-order valence-corrected chi connectivity index (χ0v) is 19.1. The van der Waals surface area contributed by atoms with E-state index in [1.54, 1.807) is 24.5 Å². The molecule has 176 valence electrons. The van der Waals surface area contributed by atoms with Gasteiger partial charge in [-0.05, 0) is 41.7 Å². The number of alkyl halides is 2. The molecule has 3 aromatic heterocycles. The Morgan fingerprint density at radius 3 is 2.58 bits per heavy atom. The minimum Gasteiger partial charge on any atom is -0.358 e. The van der Waals surface area contributed by atoms with Crippen molar-refractivity contribution in [2.45, 2.75) is 46.0 Å². The molecule has 2 N–H and O–H groups in total. The van der Waals surface area contributed by atoms with Gasteiger partial charge in [-0.15, -0.1) is 0 Å². The summed E-state index contributed by atoms with van der Waals surface area (Å²) >= 11 is 0. The number of hydrogen-bond donors (Lipinski definition) is 2. The van der Waals surface area contributed by atoms with E-state index in [-0.39, 0.29) is 30.7 Å². The van der Waals surface area contributed by atoms with Crippen molar-refractivity contribution in [3.05, 3.63) is 54.1 Å². The molecule has 0 bridgehead atoms. The van der Waals surface area contributed by atoms with Gasteiger partial charge in [0.15, 0.2) is 0 Å². The summed E-state index contributed by atoms with van der Waals surface area (Å²) in [5.74, 6) is -3.08. The molecule has 0 fully saturated rings. The molecule has 33 heavy (non-hydrogen) atoms. The number of halogens is 2. The third-order valence-electron chi connectivity index (χ3n) is 5.12. The normalized spacial score (nSPS) is 12.0. The second-order valence-corrected chi connectivity index (χ2v) is 9.27. The van der Waals surface area contributed by atoms with Crippen molar-refractivity contribution in [1.29, 1.82) is 0 Å².